The smallest absolute Gasteiger partial charge is 0.160 e. The predicted octanol–water partition coefficient (Wildman–Crippen LogP) is 14.6. The summed E-state index contributed by atoms with van der Waals surface area (Å²) in [5, 5.41) is 10.1. The second-order valence-electron chi connectivity index (χ2n) is 14.1. The molecule has 0 atom stereocenters. The lowest BCUT2D eigenvalue weighted by Crippen LogP contribution is -1.96. The van der Waals surface area contributed by atoms with Crippen molar-refractivity contribution in [2.24, 2.45) is 0 Å². The largest absolute Gasteiger partial charge is 0.228 e. The highest BCUT2D eigenvalue weighted by molar-refractivity contribution is 7.25. The van der Waals surface area contributed by atoms with Gasteiger partial charge in [-0.25, -0.2) is 9.97 Å². The molecule has 0 spiro atoms. The van der Waals surface area contributed by atoms with Gasteiger partial charge in [-0.1, -0.05) is 164 Å². The minimum absolute atomic E-state index is 0.708. The fourth-order valence-corrected chi connectivity index (χ4v) is 9.39. The first-order valence-electron chi connectivity index (χ1n) is 18.6. The van der Waals surface area contributed by atoms with Crippen molar-refractivity contribution < 1.29 is 0 Å². The van der Waals surface area contributed by atoms with Crippen LogP contribution in [0.25, 0.3) is 109 Å². The van der Waals surface area contributed by atoms with Gasteiger partial charge >= 0.3 is 0 Å². The van der Waals surface area contributed by atoms with E-state index in [4.69, 9.17) is 9.97 Å². The number of thiophene rings is 1. The minimum atomic E-state index is 0.708. The van der Waals surface area contributed by atoms with Crippen LogP contribution in [-0.4, -0.2) is 9.97 Å². The van der Waals surface area contributed by atoms with Gasteiger partial charge in [0.15, 0.2) is 5.82 Å². The Kier molecular flexibility index (Phi) is 7.39. The Hall–Kier alpha value is -6.94. The zero-order chi connectivity index (χ0) is 36.3. The van der Waals surface area contributed by atoms with Crippen LogP contribution in [0.2, 0.25) is 0 Å². The van der Waals surface area contributed by atoms with Gasteiger partial charge in [0.25, 0.3) is 0 Å². The predicted molar refractivity (Wildman–Crippen MR) is 235 cm³/mol. The van der Waals surface area contributed by atoms with Gasteiger partial charge in [0.2, 0.25) is 0 Å². The Bertz CT molecular complexity index is 3250. The van der Waals surface area contributed by atoms with E-state index in [0.717, 1.165) is 33.6 Å². The topological polar surface area (TPSA) is 25.8 Å². The highest BCUT2D eigenvalue weighted by Crippen LogP contribution is 2.42. The average molecular weight is 717 g/mol. The maximum atomic E-state index is 5.21. The zero-order valence-corrected chi connectivity index (χ0v) is 30.6. The molecule has 0 fully saturated rings. The summed E-state index contributed by atoms with van der Waals surface area (Å²) >= 11 is 1.85. The molecule has 0 saturated heterocycles. The summed E-state index contributed by atoms with van der Waals surface area (Å²) in [4.78, 5) is 10.4. The Balaban J connectivity index is 1.06. The standard InChI is InChI=1S/C52H32N2S/c1-2-13-36(14-3-1)52-53-46(35-26-24-34(25-27-35)41-21-11-23-49-51(41)44-20-8-9-22-48(44)55-49)32-47(54-52)38-16-10-17-39(30-38)50-42-19-7-5-15-37(42)31-45-40-18-6-4-12-33(40)28-29-43(45)50/h1-32H. The van der Waals surface area contributed by atoms with Crippen LogP contribution in [0.3, 0.4) is 0 Å². The number of aromatic nitrogens is 2. The number of rotatable bonds is 5. The SMILES string of the molecule is c1ccc(-c2nc(-c3ccc(-c4cccc5sc6ccccc6c45)cc3)cc(-c3cccc(-c4c5ccccc5cc5c4ccc4ccccc45)c3)n2)cc1. The summed E-state index contributed by atoms with van der Waals surface area (Å²) in [6, 6.07) is 69.8. The third kappa shape index (κ3) is 5.40. The molecule has 0 radical (unpaired) electrons. The van der Waals surface area contributed by atoms with Crippen LogP contribution >= 0.6 is 11.3 Å². The van der Waals surface area contributed by atoms with Crippen LogP contribution in [0.5, 0.6) is 0 Å². The van der Waals surface area contributed by atoms with Gasteiger partial charge in [-0.3, -0.25) is 0 Å². The van der Waals surface area contributed by atoms with Crippen molar-refractivity contribution in [3.05, 3.63) is 194 Å². The molecule has 0 amide bonds. The maximum Gasteiger partial charge on any atom is 0.160 e. The summed E-state index contributed by atoms with van der Waals surface area (Å²) in [5.74, 6) is 0.708. The van der Waals surface area contributed by atoms with Gasteiger partial charge in [-0.15, -0.1) is 11.3 Å². The lowest BCUT2D eigenvalue weighted by atomic mass is 9.89. The van der Waals surface area contributed by atoms with E-state index in [9.17, 15) is 0 Å². The first-order chi connectivity index (χ1) is 27.2. The summed E-state index contributed by atoms with van der Waals surface area (Å²) in [6.07, 6.45) is 0. The number of nitrogens with zero attached hydrogens (tertiary/aromatic N) is 2. The van der Waals surface area contributed by atoms with Crippen molar-refractivity contribution in [3.8, 4) is 56.2 Å². The molecule has 0 N–H and O–H groups in total. The van der Waals surface area contributed by atoms with E-state index in [-0.39, 0.29) is 0 Å². The van der Waals surface area contributed by atoms with E-state index in [2.05, 4.69) is 176 Å². The fourth-order valence-electron chi connectivity index (χ4n) is 8.26. The third-order valence-electron chi connectivity index (χ3n) is 10.9. The van der Waals surface area contributed by atoms with Gasteiger partial charge in [0.1, 0.15) is 0 Å². The Labute approximate surface area is 322 Å². The van der Waals surface area contributed by atoms with Gasteiger partial charge < -0.3 is 0 Å². The van der Waals surface area contributed by atoms with Crippen LogP contribution in [0.1, 0.15) is 0 Å². The molecular weight excluding hydrogens is 685 g/mol. The summed E-state index contributed by atoms with van der Waals surface area (Å²) < 4.78 is 2.62. The van der Waals surface area contributed by atoms with Gasteiger partial charge in [0.05, 0.1) is 11.4 Å². The molecule has 2 aromatic heterocycles. The molecule has 11 rings (SSSR count). The van der Waals surface area contributed by atoms with E-state index in [1.54, 1.807) is 0 Å². The van der Waals surface area contributed by atoms with Crippen molar-refractivity contribution in [2.75, 3.05) is 0 Å². The molecule has 3 heteroatoms. The molecular formula is C52H32N2S. The van der Waals surface area contributed by atoms with Crippen LogP contribution in [0.4, 0.5) is 0 Å². The first-order valence-corrected chi connectivity index (χ1v) is 19.5. The first kappa shape index (κ1) is 31.6. The van der Waals surface area contributed by atoms with Gasteiger partial charge in [-0.2, -0.15) is 0 Å². The normalized spacial score (nSPS) is 11.6. The van der Waals surface area contributed by atoms with E-state index in [1.165, 1.54) is 69.2 Å². The lowest BCUT2D eigenvalue weighted by Gasteiger charge is -2.15. The summed E-state index contributed by atoms with van der Waals surface area (Å²) in [5.41, 5.74) is 9.71. The molecule has 55 heavy (non-hydrogen) atoms. The van der Waals surface area contributed by atoms with Crippen molar-refractivity contribution in [3.63, 3.8) is 0 Å². The van der Waals surface area contributed by atoms with E-state index in [1.807, 2.05) is 29.5 Å². The lowest BCUT2D eigenvalue weighted by molar-refractivity contribution is 1.18. The third-order valence-corrected chi connectivity index (χ3v) is 12.0. The molecule has 0 aliphatic heterocycles. The van der Waals surface area contributed by atoms with Gasteiger partial charge in [-0.05, 0) is 84.9 Å². The Morgan fingerprint density at radius 3 is 1.82 bits per heavy atom. The van der Waals surface area contributed by atoms with Crippen LogP contribution < -0.4 is 0 Å². The summed E-state index contributed by atoms with van der Waals surface area (Å²) in [6.45, 7) is 0. The minimum Gasteiger partial charge on any atom is -0.228 e. The summed E-state index contributed by atoms with van der Waals surface area (Å²) in [7, 11) is 0. The quantitative estimate of drug-likeness (QED) is 0.131. The second-order valence-corrected chi connectivity index (χ2v) is 15.2. The Morgan fingerprint density at radius 2 is 0.964 bits per heavy atom. The number of fused-ring (bicyclic) bond motifs is 7. The molecule has 0 unspecified atom stereocenters. The van der Waals surface area contributed by atoms with E-state index < -0.39 is 0 Å². The number of hydrogen-bond donors (Lipinski definition) is 0. The van der Waals surface area contributed by atoms with Crippen molar-refractivity contribution in [1.29, 1.82) is 0 Å². The Morgan fingerprint density at radius 1 is 0.327 bits per heavy atom. The molecule has 0 aliphatic rings. The monoisotopic (exact) mass is 716 g/mol. The molecule has 2 nitrogen and oxygen atoms in total. The highest BCUT2D eigenvalue weighted by Gasteiger charge is 2.16. The van der Waals surface area contributed by atoms with Crippen molar-refractivity contribution >= 4 is 63.8 Å². The van der Waals surface area contributed by atoms with E-state index in [0.29, 0.717) is 5.82 Å². The average Bonchev–Trinajstić information content (AvgIpc) is 3.65. The zero-order valence-electron chi connectivity index (χ0n) is 29.8. The van der Waals surface area contributed by atoms with Crippen molar-refractivity contribution in [2.45, 2.75) is 0 Å². The number of hydrogen-bond acceptors (Lipinski definition) is 3. The second kappa shape index (κ2) is 12.9. The molecule has 11 aromatic rings. The molecule has 2 heterocycles. The molecule has 0 saturated carbocycles. The van der Waals surface area contributed by atoms with Gasteiger partial charge in [0, 0.05) is 36.9 Å². The highest BCUT2D eigenvalue weighted by atomic mass is 32.1. The van der Waals surface area contributed by atoms with Crippen LogP contribution in [0.15, 0.2) is 194 Å². The fraction of sp³-hybridized carbons (Fsp3) is 0. The number of benzene rings is 9. The maximum absolute atomic E-state index is 5.21. The molecule has 0 aliphatic carbocycles. The van der Waals surface area contributed by atoms with E-state index >= 15 is 0 Å². The van der Waals surface area contributed by atoms with Crippen LogP contribution in [-0.2, 0) is 0 Å². The van der Waals surface area contributed by atoms with Crippen LogP contribution in [0, 0.1) is 0 Å². The molecule has 0 bridgehead atoms. The molecule has 9 aromatic carbocycles. The van der Waals surface area contributed by atoms with Crippen molar-refractivity contribution in [1.82, 2.24) is 9.97 Å². The molecule has 256 valence electrons.